The maximum Gasteiger partial charge on any atom is 0.251 e. The van der Waals surface area contributed by atoms with E-state index in [2.05, 4.69) is 4.98 Å². The van der Waals surface area contributed by atoms with Crippen molar-refractivity contribution in [2.24, 2.45) is 5.84 Å². The normalized spacial score (nSPS) is 9.50. The molecule has 1 rings (SSSR count). The van der Waals surface area contributed by atoms with E-state index in [-0.39, 0.29) is 5.69 Å². The molecule has 0 fully saturated rings. The van der Waals surface area contributed by atoms with Crippen LogP contribution in [0.15, 0.2) is 12.3 Å². The van der Waals surface area contributed by atoms with Gasteiger partial charge in [-0.15, -0.1) is 0 Å². The van der Waals surface area contributed by atoms with Crippen LogP contribution in [0.3, 0.4) is 0 Å². The largest absolute Gasteiger partial charge is 0.321 e. The Bertz CT molecular complexity index is 238. The highest BCUT2D eigenvalue weighted by molar-refractivity contribution is 5.41. The van der Waals surface area contributed by atoms with Crippen molar-refractivity contribution < 1.29 is 8.78 Å². The van der Waals surface area contributed by atoms with E-state index in [1.54, 1.807) is 0 Å². The van der Waals surface area contributed by atoms with Crippen molar-refractivity contribution in [2.75, 3.05) is 5.43 Å². The lowest BCUT2D eigenvalue weighted by Crippen LogP contribution is -2.09. The Hall–Kier alpha value is -1.23. The molecule has 0 aliphatic carbocycles. The molecule has 0 aliphatic heterocycles. The average molecular weight is 145 g/mol. The molecule has 3 nitrogen and oxygen atoms in total. The highest BCUT2D eigenvalue weighted by Crippen LogP contribution is 2.11. The monoisotopic (exact) mass is 145 g/mol. The summed E-state index contributed by atoms with van der Waals surface area (Å²) >= 11 is 0. The third kappa shape index (κ3) is 1.03. The van der Waals surface area contributed by atoms with Crippen LogP contribution in [0.25, 0.3) is 0 Å². The number of nitrogens with two attached hydrogens (primary N) is 1. The number of rotatable bonds is 1. The Balaban J connectivity index is 3.14. The first-order chi connectivity index (χ1) is 4.75. The molecule has 0 unspecified atom stereocenters. The zero-order valence-electron chi connectivity index (χ0n) is 4.94. The Morgan fingerprint density at radius 1 is 1.50 bits per heavy atom. The SMILES string of the molecule is NNc1ccnc(F)c1F. The van der Waals surface area contributed by atoms with Gasteiger partial charge in [0.05, 0.1) is 5.69 Å². The van der Waals surface area contributed by atoms with E-state index in [0.29, 0.717) is 0 Å². The van der Waals surface area contributed by atoms with Crippen molar-refractivity contribution in [3.63, 3.8) is 0 Å². The predicted molar refractivity (Wildman–Crippen MR) is 32.0 cm³/mol. The van der Waals surface area contributed by atoms with Crippen LogP contribution in [-0.4, -0.2) is 4.98 Å². The number of nitrogens with one attached hydrogen (secondary N) is 1. The van der Waals surface area contributed by atoms with Crippen molar-refractivity contribution in [1.82, 2.24) is 4.98 Å². The predicted octanol–water partition coefficient (Wildman–Crippen LogP) is 0.645. The van der Waals surface area contributed by atoms with Gasteiger partial charge in [0.2, 0.25) is 5.82 Å². The molecule has 0 saturated heterocycles. The van der Waals surface area contributed by atoms with E-state index in [0.717, 1.165) is 6.20 Å². The maximum absolute atomic E-state index is 12.4. The lowest BCUT2D eigenvalue weighted by Gasteiger charge is -1.99. The molecule has 0 atom stereocenters. The minimum Gasteiger partial charge on any atom is -0.321 e. The number of pyridine rings is 1. The van der Waals surface area contributed by atoms with Gasteiger partial charge in [-0.2, -0.15) is 8.78 Å². The van der Waals surface area contributed by atoms with Crippen LogP contribution in [0.5, 0.6) is 0 Å². The molecule has 0 amide bonds. The van der Waals surface area contributed by atoms with Crippen LogP contribution >= 0.6 is 0 Å². The van der Waals surface area contributed by atoms with Crippen LogP contribution in [0.1, 0.15) is 0 Å². The molecule has 54 valence electrons. The van der Waals surface area contributed by atoms with Gasteiger partial charge in [-0.05, 0) is 6.07 Å². The lowest BCUT2D eigenvalue weighted by molar-refractivity contribution is 0.481. The number of anilines is 1. The average Bonchev–Trinajstić information content (AvgIpc) is 1.95. The second-order valence-electron chi connectivity index (χ2n) is 1.61. The van der Waals surface area contributed by atoms with E-state index < -0.39 is 11.8 Å². The minimum atomic E-state index is -1.16. The van der Waals surface area contributed by atoms with Crippen molar-refractivity contribution in [1.29, 1.82) is 0 Å². The summed E-state index contributed by atoms with van der Waals surface area (Å²) in [7, 11) is 0. The summed E-state index contributed by atoms with van der Waals surface area (Å²) in [5.41, 5.74) is 1.88. The molecule has 10 heavy (non-hydrogen) atoms. The Kier molecular flexibility index (Phi) is 1.77. The summed E-state index contributed by atoms with van der Waals surface area (Å²) in [4.78, 5) is 3.05. The van der Waals surface area contributed by atoms with E-state index in [1.807, 2.05) is 5.43 Å². The molecule has 1 aromatic rings. The molecule has 1 aromatic heterocycles. The summed E-state index contributed by atoms with van der Waals surface area (Å²) < 4.78 is 24.6. The first-order valence-electron chi connectivity index (χ1n) is 2.52. The van der Waals surface area contributed by atoms with E-state index >= 15 is 0 Å². The molecule has 0 bridgehead atoms. The van der Waals surface area contributed by atoms with Crippen molar-refractivity contribution >= 4 is 5.69 Å². The molecule has 0 aliphatic rings. The number of aromatic nitrogens is 1. The highest BCUT2D eigenvalue weighted by atomic mass is 19.2. The van der Waals surface area contributed by atoms with Gasteiger partial charge in [-0.1, -0.05) is 0 Å². The summed E-state index contributed by atoms with van der Waals surface area (Å²) in [6.07, 6.45) is 1.12. The number of nitrogen functional groups attached to an aromatic ring is 1. The van der Waals surface area contributed by atoms with Crippen LogP contribution in [-0.2, 0) is 0 Å². The van der Waals surface area contributed by atoms with Crippen molar-refractivity contribution in [3.05, 3.63) is 24.0 Å². The van der Waals surface area contributed by atoms with E-state index in [4.69, 9.17) is 5.84 Å². The van der Waals surface area contributed by atoms with Crippen LogP contribution in [0.4, 0.5) is 14.5 Å². The summed E-state index contributed by atoms with van der Waals surface area (Å²) in [6.45, 7) is 0. The topological polar surface area (TPSA) is 50.9 Å². The first kappa shape index (κ1) is 6.88. The van der Waals surface area contributed by atoms with Gasteiger partial charge < -0.3 is 5.43 Å². The van der Waals surface area contributed by atoms with Gasteiger partial charge in [0.1, 0.15) is 0 Å². The zero-order chi connectivity index (χ0) is 7.56. The molecule has 0 spiro atoms. The number of halogens is 2. The van der Waals surface area contributed by atoms with Gasteiger partial charge in [0.25, 0.3) is 5.95 Å². The second-order valence-corrected chi connectivity index (χ2v) is 1.61. The molecule has 5 heteroatoms. The molecular weight excluding hydrogens is 140 g/mol. The summed E-state index contributed by atoms with van der Waals surface area (Å²) in [5.74, 6) is 2.61. The second kappa shape index (κ2) is 2.57. The third-order valence-electron chi connectivity index (χ3n) is 1.00. The highest BCUT2D eigenvalue weighted by Gasteiger charge is 2.05. The fraction of sp³-hybridized carbons (Fsp3) is 0. The quantitative estimate of drug-likeness (QED) is 0.346. The molecule has 0 radical (unpaired) electrons. The fourth-order valence-corrected chi connectivity index (χ4v) is 0.530. The van der Waals surface area contributed by atoms with E-state index in [1.165, 1.54) is 6.07 Å². The summed E-state index contributed by atoms with van der Waals surface area (Å²) in [5, 5.41) is 0. The van der Waals surface area contributed by atoms with Gasteiger partial charge in [-0.3, -0.25) is 5.84 Å². The molecule has 3 N–H and O–H groups in total. The standard InChI is InChI=1S/C5H5F2N3/c6-4-3(10-8)1-2-9-5(4)7/h1-2H,8H2,(H,9,10). The number of nitrogens with zero attached hydrogens (tertiary/aromatic N) is 1. The fourth-order valence-electron chi connectivity index (χ4n) is 0.530. The molecule has 0 saturated carbocycles. The third-order valence-corrected chi connectivity index (χ3v) is 1.00. The van der Waals surface area contributed by atoms with Crippen molar-refractivity contribution in [3.8, 4) is 0 Å². The summed E-state index contributed by atoms with van der Waals surface area (Å²) in [6, 6.07) is 1.23. The van der Waals surface area contributed by atoms with E-state index in [9.17, 15) is 8.78 Å². The number of hydrazine groups is 1. The first-order valence-corrected chi connectivity index (χ1v) is 2.52. The molecule has 0 aromatic carbocycles. The molecular formula is C5H5F2N3. The molecule has 1 heterocycles. The lowest BCUT2D eigenvalue weighted by atomic mass is 10.4. The minimum absolute atomic E-state index is 0.104. The van der Waals surface area contributed by atoms with Crippen LogP contribution in [0, 0.1) is 11.8 Å². The van der Waals surface area contributed by atoms with Crippen molar-refractivity contribution in [2.45, 2.75) is 0 Å². The zero-order valence-corrected chi connectivity index (χ0v) is 4.94. The van der Waals surface area contributed by atoms with Crippen LogP contribution in [0.2, 0.25) is 0 Å². The van der Waals surface area contributed by atoms with Gasteiger partial charge in [-0.25, -0.2) is 4.98 Å². The smallest absolute Gasteiger partial charge is 0.251 e. The van der Waals surface area contributed by atoms with Gasteiger partial charge in [0.15, 0.2) is 0 Å². The Morgan fingerprint density at radius 2 is 2.20 bits per heavy atom. The Morgan fingerprint density at radius 3 is 2.70 bits per heavy atom. The van der Waals surface area contributed by atoms with Gasteiger partial charge in [0, 0.05) is 6.20 Å². The number of hydrogen-bond donors (Lipinski definition) is 2. The van der Waals surface area contributed by atoms with Crippen LogP contribution < -0.4 is 11.3 Å². The maximum atomic E-state index is 12.4. The Labute approximate surface area is 55.8 Å². The number of hydrogen-bond acceptors (Lipinski definition) is 3. The van der Waals surface area contributed by atoms with Gasteiger partial charge >= 0.3 is 0 Å².